The third kappa shape index (κ3) is 6.45. The topological polar surface area (TPSA) is 118 Å². The molecule has 1 aliphatic carbocycles. The first-order valence-corrected chi connectivity index (χ1v) is 19.4. The van der Waals surface area contributed by atoms with Crippen LogP contribution in [0, 0.1) is 0 Å². The van der Waals surface area contributed by atoms with Gasteiger partial charge in [0.15, 0.2) is 9.84 Å². The number of sulfone groups is 1. The fourth-order valence-corrected chi connectivity index (χ4v) is 8.48. The maximum atomic E-state index is 12.8. The minimum absolute atomic E-state index is 0.199. The minimum Gasteiger partial charge on any atom is -0.301 e. The standard InChI is InChI=1S/C37H36N4O5S2/c1-47(43,44)32-21-19-31(20-22-32)33-25-40(34-9-5-6-10-35(34)41-37(42)24-38-48(41,45)46)36(39-33)23-26-11-13-28(14-12-26)30-17-15-29(16-18-30)27-7-3-2-4-8-27/h5-6,9-22,25,27,38H,2-4,7-8,23-24H2,1H3. The lowest BCUT2D eigenvalue weighted by Crippen LogP contribution is -2.32. The van der Waals surface area contributed by atoms with Gasteiger partial charge in [0.25, 0.3) is 5.91 Å². The zero-order valence-electron chi connectivity index (χ0n) is 26.5. The number of carbonyl (C=O) groups is 1. The molecule has 2 aliphatic rings. The van der Waals surface area contributed by atoms with Crippen molar-refractivity contribution in [3.8, 4) is 28.1 Å². The van der Waals surface area contributed by atoms with E-state index in [-0.39, 0.29) is 17.1 Å². The predicted molar refractivity (Wildman–Crippen MR) is 187 cm³/mol. The normalized spacial score (nSPS) is 16.8. The fraction of sp³-hybridized carbons (Fsp3) is 0.243. The van der Waals surface area contributed by atoms with Crippen molar-refractivity contribution in [2.75, 3.05) is 17.1 Å². The van der Waals surface area contributed by atoms with E-state index in [2.05, 4.69) is 53.3 Å². The van der Waals surface area contributed by atoms with Crippen LogP contribution in [0.2, 0.25) is 0 Å². The summed E-state index contributed by atoms with van der Waals surface area (Å²) in [6, 6.07) is 30.5. The molecule has 0 spiro atoms. The number of benzene rings is 4. The highest BCUT2D eigenvalue weighted by atomic mass is 32.2. The molecule has 246 valence electrons. The number of aromatic nitrogens is 2. The molecule has 1 saturated heterocycles. The molecule has 1 amide bonds. The molecule has 4 aromatic carbocycles. The Bertz CT molecular complexity index is 2190. The number of hydrogen-bond donors (Lipinski definition) is 1. The molecule has 5 aromatic rings. The van der Waals surface area contributed by atoms with Gasteiger partial charge in [0.1, 0.15) is 5.82 Å². The largest absolute Gasteiger partial charge is 0.308 e. The van der Waals surface area contributed by atoms with Crippen LogP contribution in [0.25, 0.3) is 28.1 Å². The van der Waals surface area contributed by atoms with E-state index >= 15 is 0 Å². The van der Waals surface area contributed by atoms with Crippen molar-refractivity contribution in [2.45, 2.75) is 49.3 Å². The molecule has 9 nitrogen and oxygen atoms in total. The number of rotatable bonds is 8. The smallest absolute Gasteiger partial charge is 0.301 e. The molecular weight excluding hydrogens is 645 g/mol. The van der Waals surface area contributed by atoms with Gasteiger partial charge >= 0.3 is 10.2 Å². The number of anilines is 1. The Morgan fingerprint density at radius 3 is 2.00 bits per heavy atom. The number of hydrogen-bond acceptors (Lipinski definition) is 6. The Hall–Kier alpha value is -4.58. The van der Waals surface area contributed by atoms with Gasteiger partial charge < -0.3 is 4.57 Å². The Morgan fingerprint density at radius 2 is 1.40 bits per heavy atom. The molecular formula is C37H36N4O5S2. The summed E-state index contributed by atoms with van der Waals surface area (Å²) in [5.74, 6) is 0.695. The van der Waals surface area contributed by atoms with Gasteiger partial charge in [-0.15, -0.1) is 0 Å². The number of carbonyl (C=O) groups excluding carboxylic acids is 1. The lowest BCUT2D eigenvalue weighted by atomic mass is 9.83. The molecule has 1 N–H and O–H groups in total. The van der Waals surface area contributed by atoms with E-state index in [1.54, 1.807) is 59.3 Å². The van der Waals surface area contributed by atoms with Gasteiger partial charge in [-0.25, -0.2) is 13.4 Å². The first-order valence-electron chi connectivity index (χ1n) is 16.1. The first kappa shape index (κ1) is 32.0. The molecule has 48 heavy (non-hydrogen) atoms. The van der Waals surface area contributed by atoms with Gasteiger partial charge in [-0.2, -0.15) is 17.4 Å². The summed E-state index contributed by atoms with van der Waals surface area (Å²) < 4.78 is 54.7. The first-order chi connectivity index (χ1) is 23.1. The quantitative estimate of drug-likeness (QED) is 0.202. The van der Waals surface area contributed by atoms with Gasteiger partial charge in [0.05, 0.1) is 28.5 Å². The lowest BCUT2D eigenvalue weighted by molar-refractivity contribution is -0.115. The van der Waals surface area contributed by atoms with Crippen LogP contribution in [0.5, 0.6) is 0 Å². The summed E-state index contributed by atoms with van der Waals surface area (Å²) >= 11 is 0. The molecule has 1 aromatic heterocycles. The lowest BCUT2D eigenvalue weighted by Gasteiger charge is -2.22. The maximum Gasteiger partial charge on any atom is 0.308 e. The van der Waals surface area contributed by atoms with Crippen LogP contribution >= 0.6 is 0 Å². The van der Waals surface area contributed by atoms with Crippen LogP contribution in [0.15, 0.2) is 108 Å². The fourth-order valence-electron chi connectivity index (χ4n) is 6.67. The van der Waals surface area contributed by atoms with Crippen molar-refractivity contribution in [2.24, 2.45) is 0 Å². The van der Waals surface area contributed by atoms with Crippen molar-refractivity contribution in [3.63, 3.8) is 0 Å². The zero-order chi connectivity index (χ0) is 33.5. The average molecular weight is 681 g/mol. The second-order valence-corrected chi connectivity index (χ2v) is 16.1. The Kier molecular flexibility index (Phi) is 8.53. The monoisotopic (exact) mass is 680 g/mol. The highest BCUT2D eigenvalue weighted by molar-refractivity contribution is 7.92. The van der Waals surface area contributed by atoms with E-state index in [0.717, 1.165) is 27.3 Å². The number of imidazole rings is 1. The molecule has 2 heterocycles. The second-order valence-electron chi connectivity index (χ2n) is 12.5. The van der Waals surface area contributed by atoms with Gasteiger partial charge in [-0.05, 0) is 65.3 Å². The zero-order valence-corrected chi connectivity index (χ0v) is 28.2. The van der Waals surface area contributed by atoms with Crippen molar-refractivity contribution in [3.05, 3.63) is 120 Å². The average Bonchev–Trinajstić information content (AvgIpc) is 3.63. The summed E-state index contributed by atoms with van der Waals surface area (Å²) in [6.45, 7) is -0.318. The predicted octanol–water partition coefficient (Wildman–Crippen LogP) is 6.43. The summed E-state index contributed by atoms with van der Waals surface area (Å²) in [6.07, 6.45) is 9.84. The number of nitrogens with one attached hydrogen (secondary N) is 1. The van der Waals surface area contributed by atoms with E-state index in [0.29, 0.717) is 35.1 Å². The summed E-state index contributed by atoms with van der Waals surface area (Å²) in [4.78, 5) is 17.9. The Morgan fingerprint density at radius 1 is 0.792 bits per heavy atom. The summed E-state index contributed by atoms with van der Waals surface area (Å²) in [7, 11) is -7.43. The summed E-state index contributed by atoms with van der Waals surface area (Å²) in [5, 5.41) is 0. The van der Waals surface area contributed by atoms with E-state index in [1.165, 1.54) is 37.7 Å². The molecule has 1 saturated carbocycles. The van der Waals surface area contributed by atoms with Crippen LogP contribution in [-0.2, 0) is 31.3 Å². The number of amides is 1. The van der Waals surface area contributed by atoms with E-state index in [1.807, 2.05) is 0 Å². The van der Waals surface area contributed by atoms with Crippen molar-refractivity contribution < 1.29 is 21.6 Å². The molecule has 1 aliphatic heterocycles. The molecule has 0 unspecified atom stereocenters. The maximum absolute atomic E-state index is 12.8. The van der Waals surface area contributed by atoms with Crippen LogP contribution in [0.1, 0.15) is 55.0 Å². The highest BCUT2D eigenvalue weighted by Gasteiger charge is 2.37. The third-order valence-electron chi connectivity index (χ3n) is 9.23. The van der Waals surface area contributed by atoms with Crippen molar-refractivity contribution in [1.29, 1.82) is 0 Å². The van der Waals surface area contributed by atoms with Crippen LogP contribution in [0.4, 0.5) is 5.69 Å². The molecule has 0 bridgehead atoms. The van der Waals surface area contributed by atoms with Crippen LogP contribution in [0.3, 0.4) is 0 Å². The third-order valence-corrected chi connectivity index (χ3v) is 11.7. The van der Waals surface area contributed by atoms with Gasteiger partial charge in [0.2, 0.25) is 0 Å². The number of para-hydroxylation sites is 2. The van der Waals surface area contributed by atoms with Crippen LogP contribution in [-0.4, -0.2) is 45.1 Å². The van der Waals surface area contributed by atoms with Crippen molar-refractivity contribution >= 4 is 31.6 Å². The van der Waals surface area contributed by atoms with E-state index in [9.17, 15) is 21.6 Å². The van der Waals surface area contributed by atoms with Crippen LogP contribution < -0.4 is 9.03 Å². The highest BCUT2D eigenvalue weighted by Crippen LogP contribution is 2.35. The molecule has 2 fully saturated rings. The van der Waals surface area contributed by atoms with Gasteiger partial charge in [-0.1, -0.05) is 92.1 Å². The van der Waals surface area contributed by atoms with Gasteiger partial charge in [0, 0.05) is 24.4 Å². The molecule has 7 rings (SSSR count). The number of nitrogens with zero attached hydrogens (tertiary/aromatic N) is 3. The van der Waals surface area contributed by atoms with Crippen molar-refractivity contribution in [1.82, 2.24) is 14.3 Å². The molecule has 0 atom stereocenters. The molecule has 0 radical (unpaired) electrons. The molecule has 11 heteroatoms. The Balaban J connectivity index is 1.23. The van der Waals surface area contributed by atoms with Gasteiger partial charge in [-0.3, -0.25) is 4.79 Å². The van der Waals surface area contributed by atoms with E-state index in [4.69, 9.17) is 4.98 Å². The minimum atomic E-state index is -4.05. The second kappa shape index (κ2) is 12.8. The SMILES string of the molecule is CS(=O)(=O)c1ccc(-c2cn(-c3ccccc3N3C(=O)CNS3(=O)=O)c(Cc3ccc(-c4ccc(C5CCCCC5)cc4)cc3)n2)cc1. The van der Waals surface area contributed by atoms with E-state index < -0.39 is 26.0 Å². The Labute approximate surface area is 281 Å². The summed E-state index contributed by atoms with van der Waals surface area (Å²) in [5.41, 5.74) is 6.62.